The van der Waals surface area contributed by atoms with E-state index in [0.29, 0.717) is 11.5 Å². The van der Waals surface area contributed by atoms with Gasteiger partial charge in [0, 0.05) is 11.3 Å². The largest absolute Gasteiger partial charge is 0.455 e. The predicted octanol–water partition coefficient (Wildman–Crippen LogP) is 6.76. The molecular weight excluding hydrogens is 413 g/mol. The molecule has 0 saturated heterocycles. The number of aromatic nitrogens is 2. The third kappa shape index (κ3) is 4.76. The van der Waals surface area contributed by atoms with Crippen LogP contribution in [0.4, 0.5) is 13.2 Å². The first-order valence-corrected chi connectivity index (χ1v) is 10.3. The van der Waals surface area contributed by atoms with Gasteiger partial charge in [0.05, 0.1) is 11.3 Å². The lowest BCUT2D eigenvalue weighted by Gasteiger charge is -2.06. The molecule has 2 heterocycles. The SMILES string of the molecule is Cc1ccc(CSCc2ccc(-c3nc(-c4cccc(C(F)(F)F)c4)no3)o2)cc1. The van der Waals surface area contributed by atoms with Crippen molar-refractivity contribution >= 4 is 11.8 Å². The summed E-state index contributed by atoms with van der Waals surface area (Å²) in [5, 5.41) is 3.79. The van der Waals surface area contributed by atoms with E-state index in [1.165, 1.54) is 23.3 Å². The topological polar surface area (TPSA) is 52.1 Å². The number of nitrogens with zero attached hydrogens (tertiary/aromatic N) is 2. The van der Waals surface area contributed by atoms with E-state index in [2.05, 4.69) is 41.3 Å². The number of thioether (sulfide) groups is 1. The van der Waals surface area contributed by atoms with E-state index in [1.54, 1.807) is 17.8 Å². The molecule has 0 unspecified atom stereocenters. The van der Waals surface area contributed by atoms with Crippen LogP contribution in [-0.4, -0.2) is 10.1 Å². The van der Waals surface area contributed by atoms with E-state index in [4.69, 9.17) is 8.94 Å². The molecule has 0 aliphatic rings. The van der Waals surface area contributed by atoms with Gasteiger partial charge in [0.1, 0.15) is 5.76 Å². The number of hydrogen-bond acceptors (Lipinski definition) is 5. The molecule has 0 bridgehead atoms. The number of hydrogen-bond donors (Lipinski definition) is 0. The molecule has 0 fully saturated rings. The highest BCUT2D eigenvalue weighted by atomic mass is 32.2. The Morgan fingerprint density at radius 1 is 0.967 bits per heavy atom. The van der Waals surface area contributed by atoms with Crippen LogP contribution < -0.4 is 0 Å². The normalized spacial score (nSPS) is 11.7. The molecule has 0 aliphatic heterocycles. The molecule has 0 spiro atoms. The fourth-order valence-corrected chi connectivity index (χ4v) is 3.69. The third-order valence-corrected chi connectivity index (χ3v) is 5.41. The van der Waals surface area contributed by atoms with Gasteiger partial charge in [-0.1, -0.05) is 47.1 Å². The Hall–Kier alpha value is -3.00. The summed E-state index contributed by atoms with van der Waals surface area (Å²) < 4.78 is 49.7. The molecule has 154 valence electrons. The van der Waals surface area contributed by atoms with Crippen molar-refractivity contribution in [2.24, 2.45) is 0 Å². The molecule has 0 radical (unpaired) electrons. The van der Waals surface area contributed by atoms with Gasteiger partial charge in [-0.25, -0.2) is 0 Å². The minimum atomic E-state index is -4.44. The zero-order valence-electron chi connectivity index (χ0n) is 15.9. The maximum absolute atomic E-state index is 12.9. The maximum Gasteiger partial charge on any atom is 0.416 e. The summed E-state index contributed by atoms with van der Waals surface area (Å²) >= 11 is 1.71. The average molecular weight is 430 g/mol. The van der Waals surface area contributed by atoms with Gasteiger partial charge >= 0.3 is 6.18 Å². The first-order valence-electron chi connectivity index (χ1n) is 9.12. The average Bonchev–Trinajstić information content (AvgIpc) is 3.39. The monoisotopic (exact) mass is 430 g/mol. The van der Waals surface area contributed by atoms with E-state index >= 15 is 0 Å². The zero-order chi connectivity index (χ0) is 21.1. The van der Waals surface area contributed by atoms with Crippen LogP contribution in [-0.2, 0) is 17.7 Å². The lowest BCUT2D eigenvalue weighted by Crippen LogP contribution is -2.04. The highest BCUT2D eigenvalue weighted by Crippen LogP contribution is 2.32. The lowest BCUT2D eigenvalue weighted by atomic mass is 10.1. The Kier molecular flexibility index (Phi) is 5.67. The zero-order valence-corrected chi connectivity index (χ0v) is 16.8. The first kappa shape index (κ1) is 20.3. The third-order valence-electron chi connectivity index (χ3n) is 4.38. The maximum atomic E-state index is 12.9. The van der Waals surface area contributed by atoms with Crippen molar-refractivity contribution in [3.05, 3.63) is 83.1 Å². The molecular formula is C22H17F3N2O2S. The summed E-state index contributed by atoms with van der Waals surface area (Å²) in [4.78, 5) is 4.18. The number of rotatable bonds is 6. The van der Waals surface area contributed by atoms with Gasteiger partial charge in [-0.15, -0.1) is 11.8 Å². The summed E-state index contributed by atoms with van der Waals surface area (Å²) in [7, 11) is 0. The van der Waals surface area contributed by atoms with Crippen LogP contribution in [0.3, 0.4) is 0 Å². The quantitative estimate of drug-likeness (QED) is 0.338. The Morgan fingerprint density at radius 2 is 1.77 bits per heavy atom. The van der Waals surface area contributed by atoms with Crippen LogP contribution in [0.25, 0.3) is 23.0 Å². The number of furan rings is 1. The molecule has 0 amide bonds. The lowest BCUT2D eigenvalue weighted by molar-refractivity contribution is -0.137. The van der Waals surface area contributed by atoms with Crippen molar-refractivity contribution in [1.29, 1.82) is 0 Å². The fourth-order valence-electron chi connectivity index (χ4n) is 2.80. The minimum absolute atomic E-state index is 0.0720. The highest BCUT2D eigenvalue weighted by molar-refractivity contribution is 7.97. The van der Waals surface area contributed by atoms with E-state index in [0.717, 1.165) is 23.6 Å². The van der Waals surface area contributed by atoms with E-state index in [-0.39, 0.29) is 17.3 Å². The highest BCUT2D eigenvalue weighted by Gasteiger charge is 2.30. The van der Waals surface area contributed by atoms with Crippen LogP contribution in [0.2, 0.25) is 0 Å². The van der Waals surface area contributed by atoms with Crippen LogP contribution in [0, 0.1) is 6.92 Å². The molecule has 2 aromatic carbocycles. The standard InChI is InChI=1S/C22H17F3N2O2S/c1-14-5-7-15(8-6-14)12-30-13-18-9-10-19(28-18)21-26-20(27-29-21)16-3-2-4-17(11-16)22(23,24)25/h2-11H,12-13H2,1H3. The second-order valence-corrected chi connectivity index (χ2v) is 7.73. The smallest absolute Gasteiger partial charge is 0.416 e. The van der Waals surface area contributed by atoms with E-state index in [9.17, 15) is 13.2 Å². The van der Waals surface area contributed by atoms with E-state index in [1.807, 2.05) is 6.07 Å². The number of alkyl halides is 3. The number of halogens is 3. The van der Waals surface area contributed by atoms with Crippen molar-refractivity contribution in [2.75, 3.05) is 0 Å². The van der Waals surface area contributed by atoms with Crippen LogP contribution in [0.5, 0.6) is 0 Å². The molecule has 4 nitrogen and oxygen atoms in total. The molecule has 4 aromatic rings. The van der Waals surface area contributed by atoms with Crippen molar-refractivity contribution in [2.45, 2.75) is 24.6 Å². The molecule has 0 aliphatic carbocycles. The van der Waals surface area contributed by atoms with Gasteiger partial charge in [-0.05, 0) is 36.8 Å². The van der Waals surface area contributed by atoms with Gasteiger partial charge in [0.25, 0.3) is 5.89 Å². The summed E-state index contributed by atoms with van der Waals surface area (Å²) in [5.41, 5.74) is 1.92. The molecule has 4 rings (SSSR count). The molecule has 8 heteroatoms. The molecule has 0 saturated carbocycles. The number of benzene rings is 2. The molecule has 2 aromatic heterocycles. The summed E-state index contributed by atoms with van der Waals surface area (Å²) in [6, 6.07) is 16.7. The van der Waals surface area contributed by atoms with Crippen molar-refractivity contribution in [3.63, 3.8) is 0 Å². The minimum Gasteiger partial charge on any atom is -0.455 e. The summed E-state index contributed by atoms with van der Waals surface area (Å²) in [6.45, 7) is 2.05. The van der Waals surface area contributed by atoms with Gasteiger partial charge in [-0.3, -0.25) is 0 Å². The van der Waals surface area contributed by atoms with Crippen LogP contribution in [0.1, 0.15) is 22.5 Å². The molecule has 0 N–H and O–H groups in total. The van der Waals surface area contributed by atoms with Crippen molar-refractivity contribution < 1.29 is 22.1 Å². The van der Waals surface area contributed by atoms with Crippen LogP contribution >= 0.6 is 11.8 Å². The Balaban J connectivity index is 1.42. The Bertz CT molecular complexity index is 1130. The van der Waals surface area contributed by atoms with Gasteiger partial charge in [0.2, 0.25) is 5.82 Å². The Labute approximate surface area is 175 Å². The summed E-state index contributed by atoms with van der Waals surface area (Å²) in [5.74, 6) is 2.85. The second-order valence-electron chi connectivity index (χ2n) is 6.75. The second kappa shape index (κ2) is 8.39. The first-order chi connectivity index (χ1) is 14.4. The predicted molar refractivity (Wildman–Crippen MR) is 109 cm³/mol. The fraction of sp³-hybridized carbons (Fsp3) is 0.182. The summed E-state index contributed by atoms with van der Waals surface area (Å²) in [6.07, 6.45) is -4.44. The van der Waals surface area contributed by atoms with Crippen molar-refractivity contribution in [3.8, 4) is 23.0 Å². The molecule has 0 atom stereocenters. The van der Waals surface area contributed by atoms with Crippen molar-refractivity contribution in [1.82, 2.24) is 10.1 Å². The van der Waals surface area contributed by atoms with Gasteiger partial charge in [-0.2, -0.15) is 18.2 Å². The number of aryl methyl sites for hydroxylation is 1. The molecule has 30 heavy (non-hydrogen) atoms. The van der Waals surface area contributed by atoms with Crippen LogP contribution in [0.15, 0.2) is 69.6 Å². The Morgan fingerprint density at radius 3 is 2.53 bits per heavy atom. The van der Waals surface area contributed by atoms with Gasteiger partial charge in [0.15, 0.2) is 5.76 Å². The van der Waals surface area contributed by atoms with Gasteiger partial charge < -0.3 is 8.94 Å². The van der Waals surface area contributed by atoms with E-state index < -0.39 is 11.7 Å².